The number of benzene rings is 2. The van der Waals surface area contributed by atoms with Crippen LogP contribution in [0.25, 0.3) is 5.57 Å². The summed E-state index contributed by atoms with van der Waals surface area (Å²) >= 11 is 0. The number of carbonyl (C=O) groups is 2. The number of ketones is 1. The Bertz CT molecular complexity index is 1030. The van der Waals surface area contributed by atoms with Crippen molar-refractivity contribution < 1.29 is 28.5 Å². The maximum absolute atomic E-state index is 12.9. The van der Waals surface area contributed by atoms with E-state index in [1.54, 1.807) is 48.5 Å². The largest absolute Gasteiger partial charge is 0.471 e. The first-order valence-corrected chi connectivity index (χ1v) is 9.16. The molecule has 0 radical (unpaired) electrons. The number of nitrogens with one attached hydrogen (secondary N) is 1. The molecule has 0 bridgehead atoms. The van der Waals surface area contributed by atoms with Crippen LogP contribution >= 0.6 is 7.82 Å². The molecule has 0 saturated heterocycles. The van der Waals surface area contributed by atoms with Crippen molar-refractivity contribution in [1.82, 2.24) is 0 Å². The number of fused-ring (bicyclic) bond motifs is 2. The average molecular weight is 372 g/mol. The van der Waals surface area contributed by atoms with E-state index in [4.69, 9.17) is 9.79 Å². The molecule has 3 N–H and O–H groups in total. The number of rotatable bonds is 3. The quantitative estimate of drug-likeness (QED) is 0.558. The monoisotopic (exact) mass is 372 g/mol. The number of hydrogen-bond donors (Lipinski definition) is 3. The molecular formula is C17H13N2O6P. The van der Waals surface area contributed by atoms with Crippen LogP contribution in [0.5, 0.6) is 0 Å². The number of Topliss-reactive ketones (excluding diaryl/α,β-unsaturated/α-hetero) is 1. The van der Waals surface area contributed by atoms with E-state index in [-0.39, 0.29) is 17.1 Å². The van der Waals surface area contributed by atoms with Crippen LogP contribution in [0.2, 0.25) is 0 Å². The molecule has 4 rings (SSSR count). The molecule has 0 atom stereocenters. The molecule has 0 unspecified atom stereocenters. The SMILES string of the molecule is O=C1/C(=C2/C(=O)N(COP(=O)(O)O)c3ccccc32)Nc2ccccc21. The van der Waals surface area contributed by atoms with E-state index in [1.807, 2.05) is 0 Å². The van der Waals surface area contributed by atoms with E-state index >= 15 is 0 Å². The van der Waals surface area contributed by atoms with E-state index in [0.717, 1.165) is 4.90 Å². The number of carbonyl (C=O) groups excluding carboxylic acids is 2. The Morgan fingerprint density at radius 3 is 2.35 bits per heavy atom. The molecule has 2 aromatic carbocycles. The summed E-state index contributed by atoms with van der Waals surface area (Å²) in [6.07, 6.45) is 0. The Hall–Kier alpha value is -2.77. The van der Waals surface area contributed by atoms with Crippen molar-refractivity contribution in [3.8, 4) is 0 Å². The molecule has 0 saturated carbocycles. The molecule has 2 aromatic rings. The minimum Gasteiger partial charge on any atom is -0.351 e. The van der Waals surface area contributed by atoms with E-state index in [0.29, 0.717) is 22.5 Å². The predicted molar refractivity (Wildman–Crippen MR) is 93.2 cm³/mol. The van der Waals surface area contributed by atoms with Crippen molar-refractivity contribution in [2.75, 3.05) is 16.9 Å². The zero-order chi connectivity index (χ0) is 18.5. The maximum Gasteiger partial charge on any atom is 0.471 e. The van der Waals surface area contributed by atoms with Gasteiger partial charge in [0.25, 0.3) is 5.91 Å². The number of phosphoric ester groups is 1. The van der Waals surface area contributed by atoms with Gasteiger partial charge < -0.3 is 15.1 Å². The van der Waals surface area contributed by atoms with E-state index in [1.165, 1.54) is 0 Å². The molecule has 132 valence electrons. The molecule has 0 aromatic heterocycles. The summed E-state index contributed by atoms with van der Waals surface area (Å²) in [7, 11) is -4.75. The summed E-state index contributed by atoms with van der Waals surface area (Å²) in [6.45, 7) is -0.627. The summed E-state index contributed by atoms with van der Waals surface area (Å²) in [5.74, 6) is -0.875. The molecule has 0 spiro atoms. The summed E-state index contributed by atoms with van der Waals surface area (Å²) in [5, 5.41) is 2.98. The van der Waals surface area contributed by atoms with Gasteiger partial charge in [-0.1, -0.05) is 30.3 Å². The van der Waals surface area contributed by atoms with Crippen molar-refractivity contribution in [2.24, 2.45) is 0 Å². The van der Waals surface area contributed by atoms with E-state index < -0.39 is 20.5 Å². The van der Waals surface area contributed by atoms with Crippen LogP contribution in [0.15, 0.2) is 54.2 Å². The predicted octanol–water partition coefficient (Wildman–Crippen LogP) is 2.12. The number of allylic oxidation sites excluding steroid dienone is 1. The molecular weight excluding hydrogens is 359 g/mol. The van der Waals surface area contributed by atoms with Crippen molar-refractivity contribution in [3.05, 3.63) is 65.4 Å². The molecule has 9 heteroatoms. The molecule has 1 amide bonds. The van der Waals surface area contributed by atoms with Crippen LogP contribution in [0, 0.1) is 0 Å². The lowest BCUT2D eigenvalue weighted by molar-refractivity contribution is -0.113. The summed E-state index contributed by atoms with van der Waals surface area (Å²) in [6, 6.07) is 13.6. The van der Waals surface area contributed by atoms with Gasteiger partial charge in [-0.2, -0.15) is 0 Å². The van der Waals surface area contributed by atoms with Crippen molar-refractivity contribution in [2.45, 2.75) is 0 Å². The van der Waals surface area contributed by atoms with Gasteiger partial charge in [0.2, 0.25) is 5.78 Å². The number of anilines is 2. The normalized spacial score (nSPS) is 18.8. The number of para-hydroxylation sites is 2. The first-order chi connectivity index (χ1) is 12.4. The van der Waals surface area contributed by atoms with E-state index in [9.17, 15) is 14.2 Å². The molecule has 2 aliphatic heterocycles. The second-order valence-electron chi connectivity index (χ2n) is 5.75. The fraction of sp³-hybridized carbons (Fsp3) is 0.0588. The van der Waals surface area contributed by atoms with Crippen LogP contribution in [0.4, 0.5) is 11.4 Å². The maximum atomic E-state index is 12.9. The van der Waals surface area contributed by atoms with Gasteiger partial charge in [0.05, 0.1) is 11.3 Å². The number of amides is 1. The Balaban J connectivity index is 1.80. The Kier molecular flexibility index (Phi) is 3.78. The average Bonchev–Trinajstić information content (AvgIpc) is 3.07. The van der Waals surface area contributed by atoms with Crippen LogP contribution in [-0.2, 0) is 13.9 Å². The second kappa shape index (κ2) is 5.89. The highest BCUT2D eigenvalue weighted by atomic mass is 31.2. The second-order valence-corrected chi connectivity index (χ2v) is 6.99. The molecule has 2 aliphatic rings. The van der Waals surface area contributed by atoms with Crippen molar-refractivity contribution in [3.63, 3.8) is 0 Å². The van der Waals surface area contributed by atoms with Gasteiger partial charge in [0.1, 0.15) is 12.4 Å². The fourth-order valence-corrected chi connectivity index (χ4v) is 3.34. The van der Waals surface area contributed by atoms with Gasteiger partial charge in [0.15, 0.2) is 0 Å². The molecule has 8 nitrogen and oxygen atoms in total. The molecule has 2 heterocycles. The third-order valence-electron chi connectivity index (χ3n) is 4.19. The highest BCUT2D eigenvalue weighted by Gasteiger charge is 2.39. The lowest BCUT2D eigenvalue weighted by Crippen LogP contribution is -2.29. The number of nitrogens with zero attached hydrogens (tertiary/aromatic N) is 1. The molecule has 0 fully saturated rings. The molecule has 0 aliphatic carbocycles. The topological polar surface area (TPSA) is 116 Å². The highest BCUT2D eigenvalue weighted by Crippen LogP contribution is 2.43. The smallest absolute Gasteiger partial charge is 0.351 e. The third kappa shape index (κ3) is 2.65. The van der Waals surface area contributed by atoms with E-state index in [2.05, 4.69) is 9.84 Å². The van der Waals surface area contributed by atoms with Gasteiger partial charge in [-0.15, -0.1) is 0 Å². The lowest BCUT2D eigenvalue weighted by atomic mass is 10.0. The van der Waals surface area contributed by atoms with Crippen LogP contribution < -0.4 is 10.2 Å². The Morgan fingerprint density at radius 2 is 1.65 bits per heavy atom. The number of phosphoric acid groups is 1. The standard InChI is InChI=1S/C17H13N2O6P/c20-16-10-5-1-3-7-12(10)18-15(16)14-11-6-2-4-8-13(11)19(17(14)21)9-25-26(22,23)24/h1-8,18H,9H2,(H2,22,23,24)/b15-14-. The first kappa shape index (κ1) is 16.7. The van der Waals surface area contributed by atoms with Crippen molar-refractivity contribution >= 4 is 36.5 Å². The Labute approximate surface area is 147 Å². The Morgan fingerprint density at radius 1 is 1.00 bits per heavy atom. The van der Waals surface area contributed by atoms with Crippen LogP contribution in [0.1, 0.15) is 15.9 Å². The van der Waals surface area contributed by atoms with Gasteiger partial charge in [-0.3, -0.25) is 19.0 Å². The highest BCUT2D eigenvalue weighted by molar-refractivity contribution is 7.46. The summed E-state index contributed by atoms with van der Waals surface area (Å²) < 4.78 is 15.5. The minimum atomic E-state index is -4.75. The van der Waals surface area contributed by atoms with Gasteiger partial charge in [-0.05, 0) is 18.2 Å². The van der Waals surface area contributed by atoms with Gasteiger partial charge >= 0.3 is 7.82 Å². The van der Waals surface area contributed by atoms with Crippen LogP contribution in [0.3, 0.4) is 0 Å². The number of hydrogen-bond acceptors (Lipinski definition) is 5. The van der Waals surface area contributed by atoms with Gasteiger partial charge in [0, 0.05) is 16.8 Å². The fourth-order valence-electron chi connectivity index (χ4n) is 3.07. The summed E-state index contributed by atoms with van der Waals surface area (Å²) in [4.78, 5) is 44.6. The van der Waals surface area contributed by atoms with Crippen LogP contribution in [-0.4, -0.2) is 28.2 Å². The third-order valence-corrected chi connectivity index (χ3v) is 4.64. The molecule has 26 heavy (non-hydrogen) atoms. The van der Waals surface area contributed by atoms with Gasteiger partial charge in [-0.25, -0.2) is 4.57 Å². The minimum absolute atomic E-state index is 0.141. The summed E-state index contributed by atoms with van der Waals surface area (Å²) in [5.41, 5.74) is 2.27. The first-order valence-electron chi connectivity index (χ1n) is 7.63. The van der Waals surface area contributed by atoms with Crippen molar-refractivity contribution in [1.29, 1.82) is 0 Å². The lowest BCUT2D eigenvalue weighted by Gasteiger charge is -2.17. The zero-order valence-corrected chi connectivity index (χ0v) is 14.1. The zero-order valence-electron chi connectivity index (χ0n) is 13.2.